The number of halogens is 3. The number of carbonyl (C=O) groups is 1. The van der Waals surface area contributed by atoms with Gasteiger partial charge in [0.1, 0.15) is 0 Å². The smallest absolute Gasteiger partial charge is 0.378 e. The quantitative estimate of drug-likeness (QED) is 0.486. The Morgan fingerprint density at radius 1 is 1.00 bits per heavy atom. The topological polar surface area (TPSA) is 71.1 Å². The summed E-state index contributed by atoms with van der Waals surface area (Å²) in [5, 5.41) is 7.26. The minimum absolute atomic E-state index is 0.00250. The molecule has 0 bridgehead atoms. The Balaban J connectivity index is 1.55. The number of nitrogens with zero attached hydrogens (tertiary/aromatic N) is 3. The van der Waals surface area contributed by atoms with Gasteiger partial charge in [-0.15, -0.1) is 0 Å². The van der Waals surface area contributed by atoms with Crippen LogP contribution in [0.2, 0.25) is 0 Å². The van der Waals surface area contributed by atoms with Crippen LogP contribution >= 0.6 is 0 Å². The van der Waals surface area contributed by atoms with Crippen molar-refractivity contribution in [2.24, 2.45) is 0 Å². The standard InChI is InChI=1S/C24H19F3N4O2/c25-24(26,27)20-7-2-1-6-18(20)21-19-13-17(14-28-22(19)30-29-21)15-4-3-5-16(12-15)23(32)31-8-10-33-11-9-31/h1-7,12-14H,8-11H2,(H,28,29,30). The fourth-order valence-corrected chi connectivity index (χ4v) is 3.99. The number of benzene rings is 2. The van der Waals surface area contributed by atoms with Gasteiger partial charge in [0.15, 0.2) is 5.65 Å². The number of hydrogen-bond acceptors (Lipinski definition) is 4. The number of fused-ring (bicyclic) bond motifs is 1. The number of aromatic nitrogens is 3. The zero-order chi connectivity index (χ0) is 23.0. The van der Waals surface area contributed by atoms with Gasteiger partial charge in [-0.05, 0) is 29.8 Å². The van der Waals surface area contributed by atoms with Crippen molar-refractivity contribution >= 4 is 16.9 Å². The van der Waals surface area contributed by atoms with Crippen LogP contribution in [0.25, 0.3) is 33.4 Å². The van der Waals surface area contributed by atoms with Gasteiger partial charge in [0.2, 0.25) is 0 Å². The van der Waals surface area contributed by atoms with E-state index in [1.54, 1.807) is 41.4 Å². The monoisotopic (exact) mass is 452 g/mol. The number of alkyl halides is 3. The Labute approximate surface area is 187 Å². The lowest BCUT2D eigenvalue weighted by Crippen LogP contribution is -2.40. The minimum Gasteiger partial charge on any atom is -0.378 e. The van der Waals surface area contributed by atoms with Gasteiger partial charge in [0.25, 0.3) is 5.91 Å². The molecule has 9 heteroatoms. The number of nitrogens with one attached hydrogen (secondary N) is 1. The van der Waals surface area contributed by atoms with Gasteiger partial charge in [-0.1, -0.05) is 30.3 Å². The van der Waals surface area contributed by atoms with Crippen LogP contribution in [-0.2, 0) is 10.9 Å². The average Bonchev–Trinajstić information content (AvgIpc) is 3.27. The number of amides is 1. The third-order valence-electron chi connectivity index (χ3n) is 5.65. The SMILES string of the molecule is O=C(c1cccc(-c2cnc3n[nH]c(-c4ccccc4C(F)(F)F)c3c2)c1)N1CCOCC1. The number of morpholine rings is 1. The van der Waals surface area contributed by atoms with Crippen LogP contribution in [0, 0.1) is 0 Å². The van der Waals surface area contributed by atoms with E-state index in [1.165, 1.54) is 12.1 Å². The summed E-state index contributed by atoms with van der Waals surface area (Å²) in [6.45, 7) is 2.09. The highest BCUT2D eigenvalue weighted by atomic mass is 19.4. The molecule has 5 rings (SSSR count). The summed E-state index contributed by atoms with van der Waals surface area (Å²) >= 11 is 0. The molecule has 1 saturated heterocycles. The van der Waals surface area contributed by atoms with Gasteiger partial charge in [0, 0.05) is 41.4 Å². The highest BCUT2D eigenvalue weighted by Crippen LogP contribution is 2.38. The van der Waals surface area contributed by atoms with Crippen LogP contribution in [0.15, 0.2) is 60.8 Å². The maximum absolute atomic E-state index is 13.6. The van der Waals surface area contributed by atoms with Gasteiger partial charge in [-0.2, -0.15) is 18.3 Å². The lowest BCUT2D eigenvalue weighted by atomic mass is 9.99. The number of rotatable bonds is 3. The second kappa shape index (κ2) is 8.32. The van der Waals surface area contributed by atoms with Gasteiger partial charge >= 0.3 is 6.18 Å². The molecule has 2 aromatic heterocycles. The number of carbonyl (C=O) groups excluding carboxylic acids is 1. The molecule has 4 aromatic rings. The van der Waals surface area contributed by atoms with Gasteiger partial charge in [-0.3, -0.25) is 9.89 Å². The predicted octanol–water partition coefficient (Wildman–Crippen LogP) is 4.78. The Kier molecular flexibility index (Phi) is 5.33. The molecule has 2 aromatic carbocycles. The van der Waals surface area contributed by atoms with E-state index in [2.05, 4.69) is 15.2 Å². The number of aromatic amines is 1. The fraction of sp³-hybridized carbons (Fsp3) is 0.208. The molecular weight excluding hydrogens is 433 g/mol. The first-order valence-corrected chi connectivity index (χ1v) is 10.4. The molecule has 0 spiro atoms. The van der Waals surface area contributed by atoms with Crippen molar-refractivity contribution in [1.29, 1.82) is 0 Å². The molecule has 1 aliphatic heterocycles. The summed E-state index contributed by atoms with van der Waals surface area (Å²) in [5.41, 5.74) is 1.75. The van der Waals surface area contributed by atoms with Gasteiger partial charge in [-0.25, -0.2) is 4.98 Å². The second-order valence-corrected chi connectivity index (χ2v) is 7.72. The van der Waals surface area contributed by atoms with Gasteiger partial charge < -0.3 is 9.64 Å². The van der Waals surface area contributed by atoms with Crippen LogP contribution in [-0.4, -0.2) is 52.3 Å². The van der Waals surface area contributed by atoms with Crippen molar-refractivity contribution in [1.82, 2.24) is 20.1 Å². The summed E-state index contributed by atoms with van der Waals surface area (Å²) in [6.07, 6.45) is -2.91. The molecular formula is C24H19F3N4O2. The van der Waals surface area contributed by atoms with Crippen molar-refractivity contribution in [3.05, 3.63) is 71.9 Å². The number of ether oxygens (including phenoxy) is 1. The zero-order valence-electron chi connectivity index (χ0n) is 17.4. The minimum atomic E-state index is -4.51. The first-order valence-electron chi connectivity index (χ1n) is 10.4. The Morgan fingerprint density at radius 2 is 1.79 bits per heavy atom. The molecule has 1 fully saturated rings. The van der Waals surface area contributed by atoms with E-state index in [-0.39, 0.29) is 17.2 Å². The summed E-state index contributed by atoms with van der Waals surface area (Å²) in [7, 11) is 0. The Bertz CT molecular complexity index is 1330. The molecule has 0 radical (unpaired) electrons. The summed E-state index contributed by atoms with van der Waals surface area (Å²) in [6, 6.07) is 14.2. The Hall–Kier alpha value is -3.72. The number of hydrogen-bond donors (Lipinski definition) is 1. The van der Waals surface area contributed by atoms with E-state index < -0.39 is 11.7 Å². The number of H-pyrrole nitrogens is 1. The molecule has 1 N–H and O–H groups in total. The third kappa shape index (κ3) is 4.07. The first-order chi connectivity index (χ1) is 15.9. The maximum atomic E-state index is 13.6. The molecule has 0 saturated carbocycles. The predicted molar refractivity (Wildman–Crippen MR) is 116 cm³/mol. The summed E-state index contributed by atoms with van der Waals surface area (Å²) in [5.74, 6) is -0.0858. The first kappa shape index (κ1) is 21.1. The van der Waals surface area contributed by atoms with Crippen molar-refractivity contribution < 1.29 is 22.7 Å². The van der Waals surface area contributed by atoms with E-state index in [1.807, 2.05) is 6.07 Å². The highest BCUT2D eigenvalue weighted by Gasteiger charge is 2.34. The van der Waals surface area contributed by atoms with Crippen LogP contribution in [0.5, 0.6) is 0 Å². The Morgan fingerprint density at radius 3 is 2.58 bits per heavy atom. The fourth-order valence-electron chi connectivity index (χ4n) is 3.99. The molecule has 0 atom stereocenters. The molecule has 0 unspecified atom stereocenters. The lowest BCUT2D eigenvalue weighted by Gasteiger charge is -2.27. The van der Waals surface area contributed by atoms with Crippen molar-refractivity contribution in [2.45, 2.75) is 6.18 Å². The molecule has 1 aliphatic rings. The number of pyridine rings is 1. The van der Waals surface area contributed by atoms with Gasteiger partial charge in [0.05, 0.1) is 24.5 Å². The third-order valence-corrected chi connectivity index (χ3v) is 5.65. The molecule has 6 nitrogen and oxygen atoms in total. The maximum Gasteiger partial charge on any atom is 0.417 e. The van der Waals surface area contributed by atoms with Crippen LogP contribution < -0.4 is 0 Å². The zero-order valence-corrected chi connectivity index (χ0v) is 17.4. The average molecular weight is 452 g/mol. The van der Waals surface area contributed by atoms with Crippen molar-refractivity contribution in [2.75, 3.05) is 26.3 Å². The normalized spacial score (nSPS) is 14.6. The summed E-state index contributed by atoms with van der Waals surface area (Å²) < 4.78 is 46.0. The van der Waals surface area contributed by atoms with E-state index in [0.29, 0.717) is 48.5 Å². The lowest BCUT2D eigenvalue weighted by molar-refractivity contribution is -0.137. The van der Waals surface area contributed by atoms with Crippen LogP contribution in [0.3, 0.4) is 0 Å². The highest BCUT2D eigenvalue weighted by molar-refractivity contribution is 5.97. The van der Waals surface area contributed by atoms with E-state index in [4.69, 9.17) is 4.74 Å². The van der Waals surface area contributed by atoms with E-state index >= 15 is 0 Å². The molecule has 3 heterocycles. The molecule has 168 valence electrons. The second-order valence-electron chi connectivity index (χ2n) is 7.72. The largest absolute Gasteiger partial charge is 0.417 e. The van der Waals surface area contributed by atoms with E-state index in [9.17, 15) is 18.0 Å². The summed E-state index contributed by atoms with van der Waals surface area (Å²) in [4.78, 5) is 18.9. The van der Waals surface area contributed by atoms with Crippen LogP contribution in [0.1, 0.15) is 15.9 Å². The molecule has 33 heavy (non-hydrogen) atoms. The van der Waals surface area contributed by atoms with Crippen molar-refractivity contribution in [3.8, 4) is 22.4 Å². The van der Waals surface area contributed by atoms with E-state index in [0.717, 1.165) is 11.6 Å². The van der Waals surface area contributed by atoms with Crippen molar-refractivity contribution in [3.63, 3.8) is 0 Å². The molecule has 1 amide bonds. The van der Waals surface area contributed by atoms with Crippen LogP contribution in [0.4, 0.5) is 13.2 Å². The molecule has 0 aliphatic carbocycles.